The van der Waals surface area contributed by atoms with Crippen molar-refractivity contribution in [3.63, 3.8) is 0 Å². The van der Waals surface area contributed by atoms with E-state index in [1.165, 1.54) is 0 Å². The lowest BCUT2D eigenvalue weighted by Crippen LogP contribution is -2.42. The molecular weight excluding hydrogens is 398 g/mol. The van der Waals surface area contributed by atoms with Gasteiger partial charge in [0.15, 0.2) is 15.6 Å². The second-order valence-corrected chi connectivity index (χ2v) is 10.1. The van der Waals surface area contributed by atoms with Crippen LogP contribution in [0.15, 0.2) is 58.9 Å². The molecule has 1 aromatic heterocycles. The number of thioether (sulfide) groups is 1. The summed E-state index contributed by atoms with van der Waals surface area (Å²) in [6.07, 6.45) is 1.97. The predicted molar refractivity (Wildman–Crippen MR) is 108 cm³/mol. The first-order valence-corrected chi connectivity index (χ1v) is 11.9. The minimum absolute atomic E-state index is 0.0272. The monoisotopic (exact) mass is 419 g/mol. The fraction of sp³-hybridized carbons (Fsp3) is 0.350. The second kappa shape index (κ2) is 8.05. The van der Waals surface area contributed by atoms with Crippen LogP contribution in [-0.2, 0) is 25.9 Å². The van der Waals surface area contributed by atoms with E-state index in [0.29, 0.717) is 24.5 Å². The molecule has 0 spiro atoms. The maximum absolute atomic E-state index is 13.5. The molecule has 3 heterocycles. The maximum atomic E-state index is 13.5. The number of hydrogen-bond donors (Lipinski definition) is 0. The summed E-state index contributed by atoms with van der Waals surface area (Å²) in [6.45, 7) is 0.658. The van der Waals surface area contributed by atoms with Crippen LogP contribution in [0.1, 0.15) is 17.7 Å². The molecule has 2 aliphatic rings. The molecule has 6 nitrogen and oxygen atoms in total. The molecule has 0 N–H and O–H groups in total. The van der Waals surface area contributed by atoms with E-state index in [9.17, 15) is 13.2 Å². The minimum Gasteiger partial charge on any atom is -0.486 e. The van der Waals surface area contributed by atoms with Gasteiger partial charge in [-0.25, -0.2) is 8.42 Å². The lowest BCUT2D eigenvalue weighted by atomic mass is 10.1. The van der Waals surface area contributed by atoms with Gasteiger partial charge >= 0.3 is 0 Å². The Kier molecular flexibility index (Phi) is 5.50. The Morgan fingerprint density at radius 1 is 1.18 bits per heavy atom. The molecule has 1 saturated heterocycles. The normalized spacial score (nSPS) is 21.4. The van der Waals surface area contributed by atoms with Gasteiger partial charge in [-0.2, -0.15) is 0 Å². The Bertz CT molecular complexity index is 967. The summed E-state index contributed by atoms with van der Waals surface area (Å²) in [6, 6.07) is 12.8. The maximum Gasteiger partial charge on any atom is 0.290 e. The summed E-state index contributed by atoms with van der Waals surface area (Å²) in [5, 5.41) is 0. The molecule has 8 heteroatoms. The standard InChI is InChI=1S/C20H21NO5S2/c22-20(18-19(27-11-10-26-18)15-5-2-1-3-6-15)21(13-17-7-4-9-25-17)16-8-12-28(23,24)14-16/h1-7,9,16H,8,10-14H2/t16-/m0/s1. The molecule has 28 heavy (non-hydrogen) atoms. The molecule has 0 saturated carbocycles. The largest absolute Gasteiger partial charge is 0.486 e. The van der Waals surface area contributed by atoms with Crippen LogP contribution in [0.25, 0.3) is 4.91 Å². The van der Waals surface area contributed by atoms with Gasteiger partial charge in [0, 0.05) is 11.8 Å². The number of furan rings is 1. The van der Waals surface area contributed by atoms with Gasteiger partial charge in [0.1, 0.15) is 5.76 Å². The second-order valence-electron chi connectivity index (χ2n) is 6.79. The Morgan fingerprint density at radius 3 is 2.68 bits per heavy atom. The molecule has 0 bridgehead atoms. The third-order valence-corrected chi connectivity index (χ3v) is 7.66. The Labute approximate surface area is 168 Å². The summed E-state index contributed by atoms with van der Waals surface area (Å²) in [7, 11) is -3.14. The fourth-order valence-electron chi connectivity index (χ4n) is 3.47. The molecule has 2 aromatic rings. The fourth-order valence-corrected chi connectivity index (χ4v) is 6.15. The van der Waals surface area contributed by atoms with Gasteiger partial charge in [-0.3, -0.25) is 4.79 Å². The number of sulfone groups is 1. The van der Waals surface area contributed by atoms with E-state index in [1.54, 1.807) is 35.1 Å². The molecule has 0 aliphatic carbocycles. The topological polar surface area (TPSA) is 76.8 Å². The average molecular weight is 420 g/mol. The average Bonchev–Trinajstić information content (AvgIpc) is 3.35. The Morgan fingerprint density at radius 2 is 2.00 bits per heavy atom. The van der Waals surface area contributed by atoms with Gasteiger partial charge in [0.25, 0.3) is 5.91 Å². The highest BCUT2D eigenvalue weighted by Crippen LogP contribution is 2.36. The van der Waals surface area contributed by atoms with Gasteiger partial charge in [-0.05, 0) is 24.1 Å². The molecule has 148 valence electrons. The van der Waals surface area contributed by atoms with Crippen molar-refractivity contribution in [2.75, 3.05) is 23.9 Å². The van der Waals surface area contributed by atoms with Crippen molar-refractivity contribution in [2.45, 2.75) is 19.0 Å². The van der Waals surface area contributed by atoms with Crippen LogP contribution in [-0.4, -0.2) is 49.1 Å². The van der Waals surface area contributed by atoms with E-state index < -0.39 is 9.84 Å². The summed E-state index contributed by atoms with van der Waals surface area (Å²) >= 11 is 1.59. The molecular formula is C20H21NO5S2. The van der Waals surface area contributed by atoms with Crippen molar-refractivity contribution in [2.24, 2.45) is 0 Å². The zero-order valence-corrected chi connectivity index (χ0v) is 16.9. The summed E-state index contributed by atoms with van der Waals surface area (Å²) in [5.41, 5.74) is 0.924. The van der Waals surface area contributed by atoms with E-state index >= 15 is 0 Å². The van der Waals surface area contributed by atoms with Gasteiger partial charge in [-0.1, -0.05) is 30.3 Å². The number of ether oxygens (including phenoxy) is 1. The smallest absolute Gasteiger partial charge is 0.290 e. The van der Waals surface area contributed by atoms with Gasteiger partial charge < -0.3 is 14.1 Å². The quantitative estimate of drug-likeness (QED) is 0.742. The van der Waals surface area contributed by atoms with Crippen molar-refractivity contribution in [1.82, 2.24) is 4.90 Å². The molecule has 1 atom stereocenters. The molecule has 1 amide bonds. The molecule has 1 aromatic carbocycles. The van der Waals surface area contributed by atoms with E-state index in [0.717, 1.165) is 16.2 Å². The van der Waals surface area contributed by atoms with Crippen LogP contribution in [0.2, 0.25) is 0 Å². The lowest BCUT2D eigenvalue weighted by molar-refractivity contribution is -0.133. The zero-order chi connectivity index (χ0) is 19.6. The Hall–Kier alpha value is -2.19. The highest BCUT2D eigenvalue weighted by atomic mass is 32.2. The number of carbonyl (C=O) groups is 1. The molecule has 1 fully saturated rings. The van der Waals surface area contributed by atoms with Crippen molar-refractivity contribution in [3.05, 3.63) is 65.8 Å². The van der Waals surface area contributed by atoms with Gasteiger partial charge in [0.05, 0.1) is 35.8 Å². The highest BCUT2D eigenvalue weighted by Gasteiger charge is 2.38. The van der Waals surface area contributed by atoms with Crippen LogP contribution in [0.4, 0.5) is 0 Å². The van der Waals surface area contributed by atoms with E-state index in [-0.39, 0.29) is 30.0 Å². The SMILES string of the molecule is O=C(C1=C(c2ccccc2)SCCO1)N(Cc1ccco1)[C@H]1CCS(=O)(=O)C1. The third-order valence-electron chi connectivity index (χ3n) is 4.83. The number of benzene rings is 1. The molecule has 4 rings (SSSR count). The summed E-state index contributed by atoms with van der Waals surface area (Å²) < 4.78 is 35.3. The van der Waals surface area contributed by atoms with Crippen molar-refractivity contribution >= 4 is 32.4 Å². The third kappa shape index (κ3) is 4.12. The molecule has 2 aliphatic heterocycles. The first-order chi connectivity index (χ1) is 13.5. The first-order valence-electron chi connectivity index (χ1n) is 9.12. The number of carbonyl (C=O) groups excluding carboxylic acids is 1. The van der Waals surface area contributed by atoms with Gasteiger partial charge in [-0.15, -0.1) is 11.8 Å². The molecule has 0 unspecified atom stereocenters. The van der Waals surface area contributed by atoms with Crippen molar-refractivity contribution in [1.29, 1.82) is 0 Å². The Balaban J connectivity index is 1.70. The number of amides is 1. The van der Waals surface area contributed by atoms with E-state index in [4.69, 9.17) is 9.15 Å². The van der Waals surface area contributed by atoms with Crippen LogP contribution < -0.4 is 0 Å². The number of nitrogens with zero attached hydrogens (tertiary/aromatic N) is 1. The van der Waals surface area contributed by atoms with E-state index in [1.807, 2.05) is 30.3 Å². The predicted octanol–water partition coefficient (Wildman–Crippen LogP) is 2.93. The number of rotatable bonds is 5. The van der Waals surface area contributed by atoms with Crippen molar-refractivity contribution in [3.8, 4) is 0 Å². The van der Waals surface area contributed by atoms with Crippen molar-refractivity contribution < 1.29 is 22.4 Å². The van der Waals surface area contributed by atoms with Gasteiger partial charge in [0.2, 0.25) is 0 Å². The van der Waals surface area contributed by atoms with Crippen LogP contribution in [0.5, 0.6) is 0 Å². The molecule has 0 radical (unpaired) electrons. The summed E-state index contributed by atoms with van der Waals surface area (Å²) in [5.74, 6) is 1.45. The minimum atomic E-state index is -3.14. The van der Waals surface area contributed by atoms with Crippen LogP contribution >= 0.6 is 11.8 Å². The first kappa shape index (κ1) is 19.1. The van der Waals surface area contributed by atoms with Crippen LogP contribution in [0, 0.1) is 0 Å². The summed E-state index contributed by atoms with van der Waals surface area (Å²) in [4.78, 5) is 15.9. The number of hydrogen-bond acceptors (Lipinski definition) is 6. The van der Waals surface area contributed by atoms with E-state index in [2.05, 4.69) is 0 Å². The lowest BCUT2D eigenvalue weighted by Gasteiger charge is -2.30. The zero-order valence-electron chi connectivity index (χ0n) is 15.2. The van der Waals surface area contributed by atoms with Crippen LogP contribution in [0.3, 0.4) is 0 Å². The highest BCUT2D eigenvalue weighted by molar-refractivity contribution is 8.08.